The zero-order valence-corrected chi connectivity index (χ0v) is 17.3. The molecule has 2 aromatic carbocycles. The Morgan fingerprint density at radius 3 is 2.57 bits per heavy atom. The number of methoxy groups -OCH3 is 1. The van der Waals surface area contributed by atoms with Crippen LogP contribution in [-0.2, 0) is 4.79 Å². The highest BCUT2D eigenvalue weighted by Gasteiger charge is 2.34. The van der Waals surface area contributed by atoms with Gasteiger partial charge in [0, 0.05) is 4.47 Å². The Kier molecular flexibility index (Phi) is 6.36. The van der Waals surface area contributed by atoms with Gasteiger partial charge in [0.1, 0.15) is 5.70 Å². The number of anilines is 1. The van der Waals surface area contributed by atoms with Crippen LogP contribution in [0.5, 0.6) is 11.5 Å². The fourth-order valence-corrected chi connectivity index (χ4v) is 3.24. The van der Waals surface area contributed by atoms with Crippen molar-refractivity contribution < 1.29 is 19.1 Å². The molecule has 0 atom stereocenters. The number of rotatable bonds is 7. The third kappa shape index (κ3) is 4.20. The van der Waals surface area contributed by atoms with Crippen molar-refractivity contribution in [1.29, 1.82) is 0 Å². The lowest BCUT2D eigenvalue weighted by molar-refractivity contribution is -0.115. The second kappa shape index (κ2) is 8.93. The Morgan fingerprint density at radius 2 is 1.89 bits per heavy atom. The maximum Gasteiger partial charge on any atom is 0.333 e. The average Bonchev–Trinajstić information content (AvgIpc) is 2.97. The van der Waals surface area contributed by atoms with Crippen molar-refractivity contribution in [2.75, 3.05) is 18.6 Å². The van der Waals surface area contributed by atoms with E-state index in [9.17, 15) is 9.59 Å². The smallest absolute Gasteiger partial charge is 0.333 e. The van der Waals surface area contributed by atoms with Crippen LogP contribution in [0.15, 0.2) is 52.6 Å². The topological polar surface area (TPSA) is 67.9 Å². The molecule has 1 fully saturated rings. The summed E-state index contributed by atoms with van der Waals surface area (Å²) in [6, 6.07) is 12.1. The standard InChI is InChI=1S/C21H21BrN2O4/c1-3-4-10-28-19-13-16(22)14(12-18(19)27-2)11-17-20(25)23-21(26)24(17)15-8-6-5-7-9-15/h5-9,11-13H,3-4,10H2,1-2H3,(H,23,25,26)/b17-11+. The van der Waals surface area contributed by atoms with E-state index in [4.69, 9.17) is 9.47 Å². The Labute approximate surface area is 172 Å². The number of unbranched alkanes of at least 4 members (excludes halogenated alkanes) is 1. The van der Waals surface area contributed by atoms with Crippen molar-refractivity contribution in [2.24, 2.45) is 0 Å². The van der Waals surface area contributed by atoms with E-state index < -0.39 is 11.9 Å². The molecule has 0 aliphatic carbocycles. The molecule has 1 aliphatic rings. The van der Waals surface area contributed by atoms with E-state index in [2.05, 4.69) is 28.2 Å². The van der Waals surface area contributed by atoms with E-state index in [-0.39, 0.29) is 5.70 Å². The molecular formula is C21H21BrN2O4. The molecule has 3 amide bonds. The molecule has 1 saturated heterocycles. The first kappa shape index (κ1) is 19.9. The van der Waals surface area contributed by atoms with Gasteiger partial charge in [0.15, 0.2) is 11.5 Å². The van der Waals surface area contributed by atoms with Crippen molar-refractivity contribution in [1.82, 2.24) is 5.32 Å². The van der Waals surface area contributed by atoms with E-state index in [0.717, 1.165) is 17.3 Å². The molecule has 0 spiro atoms. The van der Waals surface area contributed by atoms with Gasteiger partial charge in [-0.3, -0.25) is 15.0 Å². The molecule has 0 saturated carbocycles. The number of carbonyl (C=O) groups excluding carboxylic acids is 2. The number of hydrogen-bond acceptors (Lipinski definition) is 4. The molecule has 0 unspecified atom stereocenters. The summed E-state index contributed by atoms with van der Waals surface area (Å²) in [6.07, 6.45) is 3.63. The molecule has 7 heteroatoms. The second-order valence-electron chi connectivity index (χ2n) is 6.19. The first-order valence-electron chi connectivity index (χ1n) is 8.97. The fourth-order valence-electron chi connectivity index (χ4n) is 2.80. The zero-order chi connectivity index (χ0) is 20.1. The van der Waals surface area contributed by atoms with E-state index >= 15 is 0 Å². The molecule has 146 valence electrons. The molecule has 28 heavy (non-hydrogen) atoms. The van der Waals surface area contributed by atoms with Crippen LogP contribution in [-0.4, -0.2) is 25.7 Å². The van der Waals surface area contributed by atoms with Crippen LogP contribution in [0.2, 0.25) is 0 Å². The number of benzene rings is 2. The number of hydrogen-bond donors (Lipinski definition) is 1. The van der Waals surface area contributed by atoms with Gasteiger partial charge in [-0.1, -0.05) is 47.5 Å². The van der Waals surface area contributed by atoms with Crippen LogP contribution < -0.4 is 19.7 Å². The zero-order valence-electron chi connectivity index (χ0n) is 15.7. The first-order valence-corrected chi connectivity index (χ1v) is 9.77. The van der Waals surface area contributed by atoms with E-state index in [1.165, 1.54) is 4.90 Å². The highest BCUT2D eigenvalue weighted by Crippen LogP contribution is 2.36. The summed E-state index contributed by atoms with van der Waals surface area (Å²) >= 11 is 3.52. The monoisotopic (exact) mass is 444 g/mol. The highest BCUT2D eigenvalue weighted by atomic mass is 79.9. The molecule has 0 radical (unpaired) electrons. The number of nitrogens with zero attached hydrogens (tertiary/aromatic N) is 1. The van der Waals surface area contributed by atoms with Crippen LogP contribution in [0.25, 0.3) is 6.08 Å². The lowest BCUT2D eigenvalue weighted by atomic mass is 10.1. The van der Waals surface area contributed by atoms with Crippen LogP contribution in [0, 0.1) is 0 Å². The summed E-state index contributed by atoms with van der Waals surface area (Å²) in [5.74, 6) is 0.724. The quantitative estimate of drug-likeness (QED) is 0.380. The van der Waals surface area contributed by atoms with Crippen molar-refractivity contribution in [3.05, 3.63) is 58.2 Å². The van der Waals surface area contributed by atoms with Gasteiger partial charge in [0.2, 0.25) is 0 Å². The molecule has 1 heterocycles. The molecule has 1 N–H and O–H groups in total. The SMILES string of the molecule is CCCCOc1cc(Br)c(/C=C2\C(=O)NC(=O)N2c2ccccc2)cc1OC. The predicted molar refractivity (Wildman–Crippen MR) is 112 cm³/mol. The Hall–Kier alpha value is -2.80. The van der Waals surface area contributed by atoms with E-state index in [0.29, 0.717) is 29.4 Å². The summed E-state index contributed by atoms with van der Waals surface area (Å²) in [4.78, 5) is 26.0. The maximum atomic E-state index is 12.4. The summed E-state index contributed by atoms with van der Waals surface area (Å²) in [6.45, 7) is 2.69. The predicted octanol–water partition coefficient (Wildman–Crippen LogP) is 4.73. The van der Waals surface area contributed by atoms with Gasteiger partial charge >= 0.3 is 6.03 Å². The molecule has 2 aromatic rings. The molecule has 1 aliphatic heterocycles. The summed E-state index contributed by atoms with van der Waals surface area (Å²) in [5.41, 5.74) is 1.54. The number of ether oxygens (including phenoxy) is 2. The second-order valence-corrected chi connectivity index (χ2v) is 7.04. The van der Waals surface area contributed by atoms with Crippen molar-refractivity contribution >= 4 is 39.6 Å². The molecule has 6 nitrogen and oxygen atoms in total. The summed E-state index contributed by atoms with van der Waals surface area (Å²) in [7, 11) is 1.56. The third-order valence-electron chi connectivity index (χ3n) is 4.24. The van der Waals surface area contributed by atoms with Crippen molar-refractivity contribution in [3.8, 4) is 11.5 Å². The number of para-hydroxylation sites is 1. The molecule has 0 bridgehead atoms. The van der Waals surface area contributed by atoms with E-state index in [1.54, 1.807) is 31.4 Å². The maximum absolute atomic E-state index is 12.4. The summed E-state index contributed by atoms with van der Waals surface area (Å²) in [5, 5.41) is 2.34. The normalized spacial score (nSPS) is 15.1. The fraction of sp³-hybridized carbons (Fsp3) is 0.238. The molecule has 0 aromatic heterocycles. The molecule has 3 rings (SSSR count). The largest absolute Gasteiger partial charge is 0.493 e. The molecular weight excluding hydrogens is 424 g/mol. The van der Waals surface area contributed by atoms with Gasteiger partial charge < -0.3 is 9.47 Å². The number of urea groups is 1. The number of imide groups is 1. The number of nitrogens with one attached hydrogen (secondary N) is 1. The van der Waals surface area contributed by atoms with Gasteiger partial charge in [-0.25, -0.2) is 4.79 Å². The Bertz CT molecular complexity index is 912. The van der Waals surface area contributed by atoms with Gasteiger partial charge in [-0.15, -0.1) is 0 Å². The number of amides is 3. The summed E-state index contributed by atoms with van der Waals surface area (Å²) < 4.78 is 12.0. The first-order chi connectivity index (χ1) is 13.5. The average molecular weight is 445 g/mol. The lowest BCUT2D eigenvalue weighted by Crippen LogP contribution is -2.27. The third-order valence-corrected chi connectivity index (χ3v) is 4.93. The number of halogens is 1. The minimum atomic E-state index is -0.481. The van der Waals surface area contributed by atoms with Crippen LogP contribution in [0.4, 0.5) is 10.5 Å². The lowest BCUT2D eigenvalue weighted by Gasteiger charge is -2.16. The minimum absolute atomic E-state index is 0.235. The van der Waals surface area contributed by atoms with Crippen LogP contribution >= 0.6 is 15.9 Å². The highest BCUT2D eigenvalue weighted by molar-refractivity contribution is 9.10. The van der Waals surface area contributed by atoms with Crippen molar-refractivity contribution in [2.45, 2.75) is 19.8 Å². The van der Waals surface area contributed by atoms with Gasteiger partial charge in [-0.2, -0.15) is 0 Å². The van der Waals surface area contributed by atoms with Gasteiger partial charge in [-0.05, 0) is 42.3 Å². The minimum Gasteiger partial charge on any atom is -0.493 e. The Morgan fingerprint density at radius 1 is 1.14 bits per heavy atom. The van der Waals surface area contributed by atoms with Crippen LogP contribution in [0.1, 0.15) is 25.3 Å². The van der Waals surface area contributed by atoms with Crippen molar-refractivity contribution in [3.63, 3.8) is 0 Å². The van der Waals surface area contributed by atoms with Crippen LogP contribution in [0.3, 0.4) is 0 Å². The van der Waals surface area contributed by atoms with Gasteiger partial charge in [0.25, 0.3) is 5.91 Å². The number of carbonyl (C=O) groups is 2. The van der Waals surface area contributed by atoms with Gasteiger partial charge in [0.05, 0.1) is 19.4 Å². The van der Waals surface area contributed by atoms with E-state index in [1.807, 2.05) is 24.3 Å². The Balaban J connectivity index is 1.99.